The Morgan fingerprint density at radius 2 is 1.25 bits per heavy atom. The van der Waals surface area contributed by atoms with Gasteiger partial charge in [0.05, 0.1) is 6.26 Å². The van der Waals surface area contributed by atoms with Crippen LogP contribution in [-0.2, 0) is 9.53 Å². The van der Waals surface area contributed by atoms with Gasteiger partial charge < -0.3 is 4.74 Å². The van der Waals surface area contributed by atoms with Gasteiger partial charge in [-0.2, -0.15) is 0 Å². The highest BCUT2D eigenvalue weighted by Gasteiger charge is 1.89. The summed E-state index contributed by atoms with van der Waals surface area (Å²) in [7, 11) is 0. The van der Waals surface area contributed by atoms with Crippen LogP contribution in [0.3, 0.4) is 0 Å². The summed E-state index contributed by atoms with van der Waals surface area (Å²) in [5, 5.41) is 0. The average molecular weight is 320 g/mol. The van der Waals surface area contributed by atoms with Crippen LogP contribution in [0.2, 0.25) is 0 Å². The van der Waals surface area contributed by atoms with E-state index in [4.69, 9.17) is 0 Å². The van der Waals surface area contributed by atoms with E-state index < -0.39 is 0 Å². The molecule has 0 fully saturated rings. The molecule has 0 aliphatic rings. The molecule has 2 rings (SSSR count). The highest BCUT2D eigenvalue weighted by molar-refractivity contribution is 5.66. The Labute approximate surface area is 145 Å². The van der Waals surface area contributed by atoms with Gasteiger partial charge >= 0.3 is 5.97 Å². The van der Waals surface area contributed by atoms with Crippen molar-refractivity contribution in [2.24, 2.45) is 0 Å². The van der Waals surface area contributed by atoms with Crippen LogP contribution < -0.4 is 0 Å². The third-order valence-electron chi connectivity index (χ3n) is 2.72. The Kier molecular flexibility index (Phi) is 11.8. The minimum atomic E-state index is -0.329. The Morgan fingerprint density at radius 3 is 1.50 bits per heavy atom. The number of rotatable bonds is 4. The number of benzene rings is 2. The molecule has 0 heterocycles. The summed E-state index contributed by atoms with van der Waals surface area (Å²) < 4.78 is 4.17. The van der Waals surface area contributed by atoms with Gasteiger partial charge in [0.2, 0.25) is 0 Å². The fourth-order valence-electron chi connectivity index (χ4n) is 1.59. The maximum atomic E-state index is 9.75. The van der Waals surface area contributed by atoms with E-state index in [1.807, 2.05) is 72.8 Å². The maximum Gasteiger partial charge on any atom is 0.307 e. The average Bonchev–Trinajstić information content (AvgIpc) is 2.63. The lowest BCUT2D eigenvalue weighted by atomic mass is 10.1. The van der Waals surface area contributed by atoms with Crippen LogP contribution in [0.5, 0.6) is 0 Å². The van der Waals surface area contributed by atoms with Crippen molar-refractivity contribution in [1.29, 1.82) is 0 Å². The van der Waals surface area contributed by atoms with Gasteiger partial charge in [0.1, 0.15) is 0 Å². The smallest absolute Gasteiger partial charge is 0.307 e. The lowest BCUT2D eigenvalue weighted by Gasteiger charge is -1.96. The van der Waals surface area contributed by atoms with Crippen LogP contribution in [0.4, 0.5) is 0 Å². The molecule has 2 aromatic rings. The first-order chi connectivity index (χ1) is 11.6. The molecular weight excluding hydrogens is 296 g/mol. The van der Waals surface area contributed by atoms with Crippen LogP contribution in [-0.4, -0.2) is 5.97 Å². The number of carbonyl (C=O) groups excluding carboxylic acids is 1. The normalized spacial score (nSPS) is 8.21. The molecule has 24 heavy (non-hydrogen) atoms. The van der Waals surface area contributed by atoms with Gasteiger partial charge in [-0.15, -0.1) is 0 Å². The zero-order valence-corrected chi connectivity index (χ0v) is 14.2. The molecule has 0 radical (unpaired) electrons. The zero-order chi connectivity index (χ0) is 18.2. The van der Waals surface area contributed by atoms with E-state index >= 15 is 0 Å². The van der Waals surface area contributed by atoms with Crippen LogP contribution >= 0.6 is 0 Å². The molecule has 0 saturated heterocycles. The molecule has 2 nitrogen and oxygen atoms in total. The Hall–Kier alpha value is -3.13. The van der Waals surface area contributed by atoms with E-state index in [1.54, 1.807) is 0 Å². The molecule has 2 heteroatoms. The lowest BCUT2D eigenvalue weighted by molar-refractivity contribution is -0.135. The summed E-state index contributed by atoms with van der Waals surface area (Å²) in [6, 6.07) is 18.0. The molecule has 0 saturated carbocycles. The molecule has 0 N–H and O–H groups in total. The fraction of sp³-hybridized carbons (Fsp3) is 0.0455. The van der Waals surface area contributed by atoms with Gasteiger partial charge in [0.15, 0.2) is 0 Å². The number of ether oxygens (including phenoxy) is 1. The molecule has 0 aromatic heterocycles. The second kappa shape index (κ2) is 13.5. The summed E-state index contributed by atoms with van der Waals surface area (Å²) in [4.78, 5) is 9.75. The number of esters is 1. The van der Waals surface area contributed by atoms with Crippen LogP contribution in [0.25, 0.3) is 18.2 Å². The van der Waals surface area contributed by atoms with E-state index in [9.17, 15) is 4.79 Å². The van der Waals surface area contributed by atoms with E-state index in [0.29, 0.717) is 0 Å². The highest BCUT2D eigenvalue weighted by atomic mass is 16.5. The number of hydrogen-bond acceptors (Lipinski definition) is 2. The molecule has 2 aromatic carbocycles. The first-order valence-corrected chi connectivity index (χ1v) is 7.38. The molecule has 0 amide bonds. The monoisotopic (exact) mass is 320 g/mol. The van der Waals surface area contributed by atoms with E-state index in [-0.39, 0.29) is 5.97 Å². The maximum absolute atomic E-state index is 9.75. The van der Waals surface area contributed by atoms with E-state index in [2.05, 4.69) is 31.1 Å². The molecule has 0 spiro atoms. The highest BCUT2D eigenvalue weighted by Crippen LogP contribution is 2.10. The van der Waals surface area contributed by atoms with Crippen molar-refractivity contribution in [1.82, 2.24) is 0 Å². The Balaban J connectivity index is 0.000000343. The largest absolute Gasteiger partial charge is 0.435 e. The van der Waals surface area contributed by atoms with Crippen molar-refractivity contribution in [3.05, 3.63) is 104 Å². The summed E-state index contributed by atoms with van der Waals surface area (Å²) in [6.45, 7) is 15.5. The second-order valence-corrected chi connectivity index (χ2v) is 4.43. The van der Waals surface area contributed by atoms with Crippen molar-refractivity contribution in [3.63, 3.8) is 0 Å². The summed E-state index contributed by atoms with van der Waals surface area (Å²) in [5.74, 6) is -0.329. The zero-order valence-electron chi connectivity index (χ0n) is 14.2. The molecule has 0 aliphatic carbocycles. The predicted octanol–water partition coefficient (Wildman–Crippen LogP) is 6.00. The summed E-state index contributed by atoms with van der Waals surface area (Å²) >= 11 is 0. The topological polar surface area (TPSA) is 26.3 Å². The first-order valence-electron chi connectivity index (χ1n) is 7.38. The van der Waals surface area contributed by atoms with Crippen molar-refractivity contribution in [2.75, 3.05) is 0 Å². The summed E-state index contributed by atoms with van der Waals surface area (Å²) in [5.41, 5.74) is 3.45. The molecule has 124 valence electrons. The number of hydrogen-bond donors (Lipinski definition) is 0. The van der Waals surface area contributed by atoms with Gasteiger partial charge in [0, 0.05) is 6.92 Å². The van der Waals surface area contributed by atoms with Crippen LogP contribution in [0, 0.1) is 0 Å². The van der Waals surface area contributed by atoms with Gasteiger partial charge in [0.25, 0.3) is 0 Å². The quantitative estimate of drug-likeness (QED) is 0.510. The lowest BCUT2D eigenvalue weighted by Crippen LogP contribution is -1.87. The van der Waals surface area contributed by atoms with Gasteiger partial charge in [-0.05, 0) is 16.7 Å². The number of carbonyl (C=O) groups is 1. The van der Waals surface area contributed by atoms with Gasteiger partial charge in [-0.3, -0.25) is 4.79 Å². The standard InChI is InChI=1S/C10H10.C8H8.C4H6O2/c1-3-9-7-5-6-8-10(9)4-2;1-2-8-6-4-3-5-7-8;1-3-6-4(2)5/h3-8H,1-2H2;2-7H,1H2;3H,1H2,2H3. The minimum absolute atomic E-state index is 0.329. The molecule has 0 bridgehead atoms. The van der Waals surface area contributed by atoms with E-state index in [0.717, 1.165) is 17.4 Å². The molecular formula is C22H24O2. The SMILES string of the molecule is C=COC(C)=O.C=Cc1ccccc1.C=Cc1ccccc1C=C. The van der Waals surface area contributed by atoms with E-state index in [1.165, 1.54) is 12.5 Å². The van der Waals surface area contributed by atoms with Crippen molar-refractivity contribution >= 4 is 24.2 Å². The van der Waals surface area contributed by atoms with Crippen molar-refractivity contribution < 1.29 is 9.53 Å². The Bertz CT molecular complexity index is 628. The van der Waals surface area contributed by atoms with Gasteiger partial charge in [-0.1, -0.05) is 99.1 Å². The first kappa shape index (κ1) is 20.9. The molecule has 0 atom stereocenters. The van der Waals surface area contributed by atoms with Crippen molar-refractivity contribution in [3.8, 4) is 0 Å². The third kappa shape index (κ3) is 9.74. The minimum Gasteiger partial charge on any atom is -0.435 e. The fourth-order valence-corrected chi connectivity index (χ4v) is 1.59. The Morgan fingerprint density at radius 1 is 0.792 bits per heavy atom. The van der Waals surface area contributed by atoms with Gasteiger partial charge in [-0.25, -0.2) is 0 Å². The second-order valence-electron chi connectivity index (χ2n) is 4.43. The predicted molar refractivity (Wildman–Crippen MR) is 105 cm³/mol. The van der Waals surface area contributed by atoms with Crippen LogP contribution in [0.15, 0.2) is 87.2 Å². The third-order valence-corrected chi connectivity index (χ3v) is 2.72. The van der Waals surface area contributed by atoms with Crippen molar-refractivity contribution in [2.45, 2.75) is 6.92 Å². The summed E-state index contributed by atoms with van der Waals surface area (Å²) in [6.07, 6.45) is 6.59. The molecule has 0 unspecified atom stereocenters. The van der Waals surface area contributed by atoms with Crippen LogP contribution in [0.1, 0.15) is 23.6 Å². The molecule has 0 aliphatic heterocycles.